The van der Waals surface area contributed by atoms with E-state index in [9.17, 15) is 0 Å². The Balaban J connectivity index is 0.000000120. The third-order valence-electron chi connectivity index (χ3n) is 21.4. The molecule has 18 aromatic rings. The van der Waals surface area contributed by atoms with E-state index in [2.05, 4.69) is 326 Å². The van der Waals surface area contributed by atoms with Crippen LogP contribution < -0.4 is 19.7 Å². The Morgan fingerprint density at radius 1 is 0.283 bits per heavy atom. The van der Waals surface area contributed by atoms with Gasteiger partial charge in [0.2, 0.25) is 0 Å². The Hall–Kier alpha value is -13.0. The summed E-state index contributed by atoms with van der Waals surface area (Å²) in [4.78, 5) is 2.38. The SMILES string of the molecule is Clc1ccc2c(c1)C1(c3ccccc3O2)c2ccccc2-c2ccccc21.[PH2-].c1ccc(-c2ccc(N(c3ccccc3)c3ccc4c(c3)C3(c5ccccc5O4)c4ccccc4-c4ccccc43)c3c2oc2ccccc23)cc1.c1ccc(Nc2ccc(-c3ccccc3)c3oc4ccccc4c23)cc1. The van der Waals surface area contributed by atoms with Crippen LogP contribution in [0.15, 0.2) is 385 Å². The molecule has 4 aliphatic rings. The van der Waals surface area contributed by atoms with E-state index < -0.39 is 10.8 Å². The number of halogens is 1. The normalized spacial score (nSPS) is 13.0. The fraction of sp³-hybridized carbons (Fsp3) is 0.0204. The smallest absolute Gasteiger partial charge is 0.145 e. The van der Waals surface area contributed by atoms with Crippen molar-refractivity contribution in [2.24, 2.45) is 0 Å². The lowest BCUT2D eigenvalue weighted by Crippen LogP contribution is -2.32. The first-order valence-corrected chi connectivity index (χ1v) is 35.9. The number of para-hydroxylation sites is 6. The van der Waals surface area contributed by atoms with Crippen LogP contribution in [0.25, 0.3) is 88.4 Å². The largest absolute Gasteiger partial charge is 0.577 e. The Labute approximate surface area is 622 Å². The lowest BCUT2D eigenvalue weighted by atomic mass is 9.66. The maximum atomic E-state index is 6.79. The van der Waals surface area contributed by atoms with Crippen LogP contribution in [0.3, 0.4) is 0 Å². The molecule has 0 radical (unpaired) electrons. The third kappa shape index (κ3) is 10.0. The zero-order valence-corrected chi connectivity index (χ0v) is 59.2. The molecule has 0 saturated heterocycles. The van der Waals surface area contributed by atoms with Crippen molar-refractivity contribution >= 4 is 93.8 Å². The second-order valence-electron chi connectivity index (χ2n) is 27.0. The number of hydrogen-bond donors (Lipinski definition) is 1. The summed E-state index contributed by atoms with van der Waals surface area (Å²) in [5.74, 6) is 3.51. The van der Waals surface area contributed by atoms with E-state index in [0.717, 1.165) is 145 Å². The van der Waals surface area contributed by atoms with Crippen molar-refractivity contribution < 1.29 is 18.3 Å². The van der Waals surface area contributed by atoms with E-state index >= 15 is 0 Å². The molecule has 0 fully saturated rings. The molecule has 1 N–H and O–H groups in total. The summed E-state index contributed by atoms with van der Waals surface area (Å²) >= 11 is 6.46. The molecule has 0 atom stereocenters. The Bertz CT molecular complexity index is 6340. The van der Waals surface area contributed by atoms with E-state index in [1.54, 1.807) is 0 Å². The van der Waals surface area contributed by atoms with Crippen molar-refractivity contribution in [1.82, 2.24) is 0 Å². The number of nitrogens with one attached hydrogen (secondary N) is 1. The predicted molar refractivity (Wildman–Crippen MR) is 439 cm³/mol. The molecule has 22 rings (SSSR count). The van der Waals surface area contributed by atoms with Crippen LogP contribution in [-0.2, 0) is 10.8 Å². The van der Waals surface area contributed by atoms with E-state index in [1.807, 2.05) is 60.7 Å². The number of benzene rings is 16. The van der Waals surface area contributed by atoms with E-state index in [0.29, 0.717) is 0 Å². The summed E-state index contributed by atoms with van der Waals surface area (Å²) in [7, 11) is 0. The number of fused-ring (bicyclic) bond motifs is 24. The first-order valence-electron chi connectivity index (χ1n) is 35.6. The van der Waals surface area contributed by atoms with Gasteiger partial charge in [-0.2, -0.15) is 0 Å². The van der Waals surface area contributed by atoms with Crippen LogP contribution in [0.1, 0.15) is 44.5 Å². The zero-order chi connectivity index (χ0) is 69.6. The van der Waals surface area contributed by atoms with Gasteiger partial charge in [-0.15, -0.1) is 0 Å². The lowest BCUT2D eigenvalue weighted by molar-refractivity contribution is 0.436. The van der Waals surface area contributed by atoms with Gasteiger partial charge >= 0.3 is 0 Å². The average molecular weight is 1400 g/mol. The predicted octanol–water partition coefficient (Wildman–Crippen LogP) is 27.3. The molecule has 0 bridgehead atoms. The topological polar surface area (TPSA) is 60.0 Å². The van der Waals surface area contributed by atoms with Crippen molar-refractivity contribution in [3.63, 3.8) is 0 Å². The molecule has 2 spiro atoms. The fourth-order valence-corrected chi connectivity index (χ4v) is 17.3. The molecule has 2 aliphatic heterocycles. The van der Waals surface area contributed by atoms with E-state index in [-0.39, 0.29) is 9.90 Å². The minimum atomic E-state index is -0.565. The summed E-state index contributed by atoms with van der Waals surface area (Å²) in [5, 5.41) is 8.66. The van der Waals surface area contributed by atoms with Gasteiger partial charge in [0.1, 0.15) is 45.3 Å². The highest BCUT2D eigenvalue weighted by Gasteiger charge is 2.53. The van der Waals surface area contributed by atoms with Gasteiger partial charge in [0.25, 0.3) is 0 Å². The molecule has 6 nitrogen and oxygen atoms in total. The van der Waals surface area contributed by atoms with Gasteiger partial charge in [-0.3, -0.25) is 0 Å². The van der Waals surface area contributed by atoms with Crippen LogP contribution in [0.5, 0.6) is 23.0 Å². The molecule has 16 aromatic carbocycles. The quantitative estimate of drug-likeness (QED) is 0.161. The summed E-state index contributed by atoms with van der Waals surface area (Å²) in [6, 6.07) is 132. The minimum absolute atomic E-state index is 0. The second kappa shape index (κ2) is 26.1. The van der Waals surface area contributed by atoms with Crippen molar-refractivity contribution in [2.45, 2.75) is 10.8 Å². The van der Waals surface area contributed by atoms with Crippen LogP contribution in [0, 0.1) is 0 Å². The van der Waals surface area contributed by atoms with E-state index in [4.69, 9.17) is 29.9 Å². The van der Waals surface area contributed by atoms with Gasteiger partial charge in [0.15, 0.2) is 0 Å². The number of ether oxygens (including phenoxy) is 2. The molecule has 0 unspecified atom stereocenters. The summed E-state index contributed by atoms with van der Waals surface area (Å²) in [6.07, 6.45) is 0. The Morgan fingerprint density at radius 2 is 0.670 bits per heavy atom. The molecule has 0 amide bonds. The molecule has 504 valence electrons. The van der Waals surface area contributed by atoms with Crippen molar-refractivity contribution in [3.8, 4) is 67.5 Å². The second-order valence-corrected chi connectivity index (χ2v) is 27.4. The average Bonchev–Trinajstić information content (AvgIpc) is 1.50. The van der Waals surface area contributed by atoms with E-state index in [1.165, 1.54) is 44.5 Å². The molecule has 4 heterocycles. The van der Waals surface area contributed by atoms with Crippen LogP contribution in [0.2, 0.25) is 5.02 Å². The lowest BCUT2D eigenvalue weighted by Gasteiger charge is -2.40. The minimum Gasteiger partial charge on any atom is -0.577 e. The molecular weight excluding hydrogens is 1340 g/mol. The van der Waals surface area contributed by atoms with Crippen molar-refractivity contribution in [3.05, 3.63) is 426 Å². The van der Waals surface area contributed by atoms with Gasteiger partial charge in [0.05, 0.1) is 33.0 Å². The fourth-order valence-electron chi connectivity index (χ4n) is 17.1. The van der Waals surface area contributed by atoms with Crippen LogP contribution in [-0.4, -0.2) is 0 Å². The Kier molecular flexibility index (Phi) is 15.7. The summed E-state index contributed by atoms with van der Waals surface area (Å²) in [5.41, 5.74) is 27.0. The summed E-state index contributed by atoms with van der Waals surface area (Å²) < 4.78 is 26.1. The highest BCUT2D eigenvalue weighted by atomic mass is 35.5. The van der Waals surface area contributed by atoms with Gasteiger partial charge in [-0.05, 0) is 165 Å². The number of nitrogens with zero attached hydrogens (tertiary/aromatic N) is 1. The number of hydrogen-bond acceptors (Lipinski definition) is 6. The number of rotatable bonds is 7. The highest BCUT2D eigenvalue weighted by Crippen LogP contribution is 2.65. The molecule has 2 aliphatic carbocycles. The molecule has 2 aromatic heterocycles. The maximum absolute atomic E-state index is 6.79. The zero-order valence-electron chi connectivity index (χ0n) is 57.3. The van der Waals surface area contributed by atoms with Crippen LogP contribution >= 0.6 is 21.5 Å². The van der Waals surface area contributed by atoms with Gasteiger partial charge in [0, 0.05) is 66.2 Å². The van der Waals surface area contributed by atoms with Gasteiger partial charge in [-0.25, -0.2) is 0 Å². The maximum Gasteiger partial charge on any atom is 0.145 e. The van der Waals surface area contributed by atoms with Crippen molar-refractivity contribution in [1.29, 1.82) is 0 Å². The molecule has 8 heteroatoms. The first-order chi connectivity index (χ1) is 52.0. The molecule has 106 heavy (non-hydrogen) atoms. The monoisotopic (exact) mass is 1400 g/mol. The molecule has 0 saturated carbocycles. The van der Waals surface area contributed by atoms with Crippen molar-refractivity contribution in [2.75, 3.05) is 10.2 Å². The van der Waals surface area contributed by atoms with Gasteiger partial charge < -0.3 is 38.4 Å². The summed E-state index contributed by atoms with van der Waals surface area (Å²) in [6.45, 7) is 0. The number of anilines is 5. The number of furan rings is 2. The molecular formula is C98H65ClN2O4P-. The highest BCUT2D eigenvalue weighted by molar-refractivity contribution is 6.92. The Morgan fingerprint density at radius 3 is 1.19 bits per heavy atom. The standard InChI is InChI=1S/C49H31NO2.C25H15ClO.C24H17NO.H2P/c1-3-15-32(16-4-1)35-28-29-43(47-38-21-9-13-25-44(38)52-48(35)47)50(33-17-5-2-6-18-33)34-27-30-46-42(31-34)49(41-24-12-14-26-45(41)51-46)39-22-10-7-19-36(39)37-20-8-11-23-40(37)49;26-16-13-14-24-22(15-16)25(21-11-5-6-12-23(21)27-24)19-9-3-1-7-17(19)18-8-2-4-10-20(18)25;1-3-9-17(10-4-1)19-15-16-21(25-18-11-5-2-6-12-18)23-20-13-7-8-14-22(20)26-24(19)23;/h1-31H;1-15H;1-16,25H;1H2/q;;;-1. The van der Waals surface area contributed by atoms with Gasteiger partial charge in [-0.1, -0.05) is 279 Å². The first kappa shape index (κ1) is 63.9. The third-order valence-corrected chi connectivity index (χ3v) is 21.6. The van der Waals surface area contributed by atoms with Crippen LogP contribution in [0.4, 0.5) is 28.4 Å².